The Balaban J connectivity index is 1.75. The van der Waals surface area contributed by atoms with Crippen LogP contribution in [0.1, 0.15) is 5.56 Å². The van der Waals surface area contributed by atoms with Gasteiger partial charge in [-0.25, -0.2) is 4.79 Å². The van der Waals surface area contributed by atoms with Gasteiger partial charge in [-0.1, -0.05) is 17.7 Å². The Morgan fingerprint density at radius 1 is 1.00 bits per heavy atom. The number of carbonyl (C=O) groups is 1. The van der Waals surface area contributed by atoms with Crippen molar-refractivity contribution in [3.05, 3.63) is 54.1 Å². The predicted octanol–water partition coefficient (Wildman–Crippen LogP) is 3.16. The van der Waals surface area contributed by atoms with Crippen molar-refractivity contribution in [3.8, 4) is 11.5 Å². The van der Waals surface area contributed by atoms with Crippen LogP contribution in [0.3, 0.4) is 0 Å². The Kier molecular flexibility index (Phi) is 5.04. The van der Waals surface area contributed by atoms with Gasteiger partial charge in [-0.2, -0.15) is 0 Å². The zero-order valence-corrected chi connectivity index (χ0v) is 12.1. The first-order valence-electron chi connectivity index (χ1n) is 6.56. The quantitative estimate of drug-likeness (QED) is 0.830. The average Bonchev–Trinajstić information content (AvgIpc) is 2.50. The zero-order chi connectivity index (χ0) is 15.1. The van der Waals surface area contributed by atoms with Crippen molar-refractivity contribution in [2.45, 2.75) is 6.92 Å². The van der Waals surface area contributed by atoms with E-state index in [1.807, 2.05) is 31.2 Å². The summed E-state index contributed by atoms with van der Waals surface area (Å²) in [6, 6.07) is 14.4. The van der Waals surface area contributed by atoms with Gasteiger partial charge in [0.1, 0.15) is 11.5 Å². The van der Waals surface area contributed by atoms with Gasteiger partial charge in [0, 0.05) is 5.69 Å². The molecule has 0 bridgehead atoms. The molecule has 21 heavy (non-hydrogen) atoms. The molecule has 0 unspecified atom stereocenters. The van der Waals surface area contributed by atoms with Gasteiger partial charge in [-0.15, -0.1) is 0 Å². The van der Waals surface area contributed by atoms with E-state index in [-0.39, 0.29) is 12.8 Å². The van der Waals surface area contributed by atoms with Crippen LogP contribution in [0, 0.1) is 6.92 Å². The van der Waals surface area contributed by atoms with Crippen LogP contribution in [0.5, 0.6) is 11.5 Å². The minimum absolute atomic E-state index is 0.102. The second-order valence-corrected chi connectivity index (χ2v) is 4.46. The standard InChI is InChI=1S/C16H18N2O3/c1-12-3-7-15(8-4-12)21-11-17-16(19)18-13-5-9-14(20-2)10-6-13/h3-10H,11H2,1-2H3,(H2,17,18,19). The minimum atomic E-state index is -0.327. The highest BCUT2D eigenvalue weighted by Gasteiger charge is 2.01. The lowest BCUT2D eigenvalue weighted by Gasteiger charge is -2.10. The monoisotopic (exact) mass is 286 g/mol. The normalized spacial score (nSPS) is 9.81. The number of benzene rings is 2. The number of ether oxygens (including phenoxy) is 2. The highest BCUT2D eigenvalue weighted by atomic mass is 16.5. The van der Waals surface area contributed by atoms with E-state index in [1.54, 1.807) is 31.4 Å². The maximum atomic E-state index is 11.7. The van der Waals surface area contributed by atoms with Crippen molar-refractivity contribution in [2.24, 2.45) is 0 Å². The lowest BCUT2D eigenvalue weighted by atomic mass is 10.2. The SMILES string of the molecule is COc1ccc(NC(=O)NCOc2ccc(C)cc2)cc1. The summed E-state index contributed by atoms with van der Waals surface area (Å²) >= 11 is 0. The van der Waals surface area contributed by atoms with Crippen LogP contribution in [-0.2, 0) is 0 Å². The fourth-order valence-corrected chi connectivity index (χ4v) is 1.67. The van der Waals surface area contributed by atoms with E-state index in [1.165, 1.54) is 0 Å². The minimum Gasteiger partial charge on any atom is -0.497 e. The summed E-state index contributed by atoms with van der Waals surface area (Å²) in [6.45, 7) is 2.11. The highest BCUT2D eigenvalue weighted by Crippen LogP contribution is 2.14. The second-order valence-electron chi connectivity index (χ2n) is 4.46. The number of urea groups is 1. The Labute approximate surface area is 123 Å². The van der Waals surface area contributed by atoms with Gasteiger partial charge in [0.2, 0.25) is 0 Å². The van der Waals surface area contributed by atoms with Crippen LogP contribution < -0.4 is 20.1 Å². The Morgan fingerprint density at radius 3 is 2.24 bits per heavy atom. The number of amides is 2. The third-order valence-corrected chi connectivity index (χ3v) is 2.84. The molecule has 0 spiro atoms. The number of anilines is 1. The fraction of sp³-hybridized carbons (Fsp3) is 0.188. The van der Waals surface area contributed by atoms with E-state index >= 15 is 0 Å². The van der Waals surface area contributed by atoms with E-state index in [4.69, 9.17) is 9.47 Å². The topological polar surface area (TPSA) is 59.6 Å². The predicted molar refractivity (Wildman–Crippen MR) is 81.8 cm³/mol. The molecule has 2 rings (SSSR count). The number of aryl methyl sites for hydroxylation is 1. The summed E-state index contributed by atoms with van der Waals surface area (Å²) in [5.41, 5.74) is 1.84. The molecule has 0 heterocycles. The summed E-state index contributed by atoms with van der Waals surface area (Å²) in [5, 5.41) is 5.32. The zero-order valence-electron chi connectivity index (χ0n) is 12.1. The molecular formula is C16H18N2O3. The van der Waals surface area contributed by atoms with Gasteiger partial charge >= 0.3 is 6.03 Å². The summed E-state index contributed by atoms with van der Waals surface area (Å²) in [4.78, 5) is 11.7. The first-order chi connectivity index (χ1) is 10.2. The van der Waals surface area contributed by atoms with E-state index in [2.05, 4.69) is 10.6 Å². The molecule has 0 aromatic heterocycles. The van der Waals surface area contributed by atoms with Crippen LogP contribution in [0.2, 0.25) is 0 Å². The Bertz CT molecular complexity index is 579. The summed E-state index contributed by atoms with van der Waals surface area (Å²) < 4.78 is 10.5. The number of methoxy groups -OCH3 is 1. The molecule has 110 valence electrons. The Hall–Kier alpha value is -2.69. The van der Waals surface area contributed by atoms with Crippen LogP contribution in [0.4, 0.5) is 10.5 Å². The molecule has 2 amide bonds. The van der Waals surface area contributed by atoms with Crippen molar-refractivity contribution in [1.29, 1.82) is 0 Å². The molecule has 0 fully saturated rings. The van der Waals surface area contributed by atoms with E-state index in [0.29, 0.717) is 11.4 Å². The third-order valence-electron chi connectivity index (χ3n) is 2.84. The lowest BCUT2D eigenvalue weighted by Crippen LogP contribution is -2.31. The number of nitrogens with one attached hydrogen (secondary N) is 2. The maximum Gasteiger partial charge on any atom is 0.321 e. The number of hydrogen-bond donors (Lipinski definition) is 2. The van der Waals surface area contributed by atoms with Crippen LogP contribution >= 0.6 is 0 Å². The summed E-state index contributed by atoms with van der Waals surface area (Å²) in [6.07, 6.45) is 0. The number of rotatable bonds is 5. The molecule has 0 radical (unpaired) electrons. The van der Waals surface area contributed by atoms with E-state index < -0.39 is 0 Å². The van der Waals surface area contributed by atoms with Crippen molar-refractivity contribution < 1.29 is 14.3 Å². The molecule has 5 heteroatoms. The first kappa shape index (κ1) is 14.7. The summed E-state index contributed by atoms with van der Waals surface area (Å²) in [5.74, 6) is 1.45. The van der Waals surface area contributed by atoms with Gasteiger partial charge < -0.3 is 20.1 Å². The number of carbonyl (C=O) groups excluding carboxylic acids is 1. The molecule has 2 N–H and O–H groups in total. The molecule has 5 nitrogen and oxygen atoms in total. The molecule has 0 aliphatic rings. The molecule has 0 atom stereocenters. The van der Waals surface area contributed by atoms with Gasteiger partial charge in [0.25, 0.3) is 0 Å². The maximum absolute atomic E-state index is 11.7. The molecular weight excluding hydrogens is 268 g/mol. The molecule has 0 aliphatic heterocycles. The highest BCUT2D eigenvalue weighted by molar-refractivity contribution is 5.89. The molecule has 0 saturated carbocycles. The van der Waals surface area contributed by atoms with Crippen molar-refractivity contribution in [1.82, 2.24) is 5.32 Å². The average molecular weight is 286 g/mol. The van der Waals surface area contributed by atoms with Crippen molar-refractivity contribution >= 4 is 11.7 Å². The molecule has 0 aliphatic carbocycles. The van der Waals surface area contributed by atoms with Gasteiger partial charge in [-0.05, 0) is 43.3 Å². The largest absolute Gasteiger partial charge is 0.497 e. The van der Waals surface area contributed by atoms with E-state index in [9.17, 15) is 4.79 Å². The smallest absolute Gasteiger partial charge is 0.321 e. The van der Waals surface area contributed by atoms with Crippen molar-refractivity contribution in [3.63, 3.8) is 0 Å². The van der Waals surface area contributed by atoms with Crippen molar-refractivity contribution in [2.75, 3.05) is 19.2 Å². The molecule has 0 saturated heterocycles. The third kappa shape index (κ3) is 4.72. The number of hydrogen-bond acceptors (Lipinski definition) is 3. The second kappa shape index (κ2) is 7.19. The van der Waals surface area contributed by atoms with Crippen LogP contribution in [-0.4, -0.2) is 19.9 Å². The lowest BCUT2D eigenvalue weighted by molar-refractivity contribution is 0.234. The van der Waals surface area contributed by atoms with Gasteiger partial charge in [0.05, 0.1) is 7.11 Å². The van der Waals surface area contributed by atoms with Gasteiger partial charge in [0.15, 0.2) is 6.73 Å². The van der Waals surface area contributed by atoms with Crippen LogP contribution in [0.25, 0.3) is 0 Å². The Morgan fingerprint density at radius 2 is 1.62 bits per heavy atom. The fourth-order valence-electron chi connectivity index (χ4n) is 1.67. The van der Waals surface area contributed by atoms with Gasteiger partial charge in [-0.3, -0.25) is 0 Å². The first-order valence-corrected chi connectivity index (χ1v) is 6.56. The molecule has 2 aromatic carbocycles. The summed E-state index contributed by atoms with van der Waals surface area (Å²) in [7, 11) is 1.59. The van der Waals surface area contributed by atoms with Crippen LogP contribution in [0.15, 0.2) is 48.5 Å². The molecule has 2 aromatic rings. The van der Waals surface area contributed by atoms with E-state index in [0.717, 1.165) is 11.3 Å².